The Labute approximate surface area is 178 Å². The van der Waals surface area contributed by atoms with Crippen LogP contribution in [0.1, 0.15) is 16.7 Å². The summed E-state index contributed by atoms with van der Waals surface area (Å²) < 4.78 is 24.7. The second-order valence-corrected chi connectivity index (χ2v) is 7.31. The third-order valence-electron chi connectivity index (χ3n) is 5.04. The summed E-state index contributed by atoms with van der Waals surface area (Å²) in [6, 6.07) is 13.2. The number of rotatable bonds is 8. The fourth-order valence-electron chi connectivity index (χ4n) is 3.27. The zero-order chi connectivity index (χ0) is 21.2. The number of hydrogen-bond acceptors (Lipinski definition) is 4. The fourth-order valence-corrected chi connectivity index (χ4v) is 3.27. The van der Waals surface area contributed by atoms with E-state index in [2.05, 4.69) is 26.6 Å². The third kappa shape index (κ3) is 7.00. The summed E-state index contributed by atoms with van der Waals surface area (Å²) in [4.78, 5) is 6.61. The lowest BCUT2D eigenvalue weighted by Gasteiger charge is -2.26. The molecule has 2 N–H and O–H groups in total. The second kappa shape index (κ2) is 11.5. The molecule has 0 bridgehead atoms. The molecule has 1 fully saturated rings. The van der Waals surface area contributed by atoms with Crippen molar-refractivity contribution in [2.75, 3.05) is 46.5 Å². The average Bonchev–Trinajstić information content (AvgIpc) is 2.77. The first-order valence-corrected chi connectivity index (χ1v) is 10.4. The number of hydrogen-bond donors (Lipinski definition) is 2. The summed E-state index contributed by atoms with van der Waals surface area (Å²) >= 11 is 0. The van der Waals surface area contributed by atoms with Gasteiger partial charge in [0.2, 0.25) is 0 Å². The van der Waals surface area contributed by atoms with Crippen LogP contribution in [0.3, 0.4) is 0 Å². The topological polar surface area (TPSA) is 58.1 Å². The Morgan fingerprint density at radius 1 is 1.10 bits per heavy atom. The van der Waals surface area contributed by atoms with Crippen LogP contribution in [0.5, 0.6) is 5.75 Å². The Hall–Kier alpha value is -2.64. The summed E-state index contributed by atoms with van der Waals surface area (Å²) in [5.41, 5.74) is 2.76. The molecule has 0 aliphatic carbocycles. The van der Waals surface area contributed by atoms with Gasteiger partial charge in [0, 0.05) is 39.8 Å². The van der Waals surface area contributed by atoms with Crippen molar-refractivity contribution in [2.45, 2.75) is 20.0 Å². The van der Waals surface area contributed by atoms with Crippen molar-refractivity contribution in [3.05, 3.63) is 65.0 Å². The predicted octanol–water partition coefficient (Wildman–Crippen LogP) is 2.71. The Kier molecular flexibility index (Phi) is 8.47. The first-order chi connectivity index (χ1) is 14.6. The van der Waals surface area contributed by atoms with E-state index in [0.717, 1.165) is 49.7 Å². The van der Waals surface area contributed by atoms with E-state index in [4.69, 9.17) is 9.47 Å². The number of guanidine groups is 1. The molecule has 1 saturated heterocycles. The van der Waals surface area contributed by atoms with Crippen LogP contribution in [0.15, 0.2) is 47.5 Å². The van der Waals surface area contributed by atoms with Crippen LogP contribution in [0.25, 0.3) is 0 Å². The minimum absolute atomic E-state index is 0.187. The van der Waals surface area contributed by atoms with Gasteiger partial charge in [-0.25, -0.2) is 4.39 Å². The molecular formula is C23H31FN4O2. The Morgan fingerprint density at radius 2 is 1.83 bits per heavy atom. The molecule has 6 nitrogen and oxygen atoms in total. The standard InChI is InChI=1S/C23H31FN4O2/c1-18-14-20(6-7-22(18)24)17-27-23(25-2)26-16-19-4-3-5-21(15-19)30-13-10-28-8-11-29-12-9-28/h3-7,14-15H,8-13,16-17H2,1-2H3,(H2,25,26,27). The summed E-state index contributed by atoms with van der Waals surface area (Å²) in [5.74, 6) is 1.37. The van der Waals surface area contributed by atoms with Gasteiger partial charge in [0.05, 0.1) is 13.2 Å². The zero-order valence-electron chi connectivity index (χ0n) is 17.8. The van der Waals surface area contributed by atoms with Crippen molar-refractivity contribution >= 4 is 5.96 Å². The summed E-state index contributed by atoms with van der Waals surface area (Å²) in [6.07, 6.45) is 0. The molecule has 0 amide bonds. The first kappa shape index (κ1) is 22.1. The Morgan fingerprint density at radius 3 is 2.53 bits per heavy atom. The maximum absolute atomic E-state index is 13.4. The van der Waals surface area contributed by atoms with Crippen LogP contribution >= 0.6 is 0 Å². The van der Waals surface area contributed by atoms with Crippen LogP contribution in [-0.4, -0.2) is 57.4 Å². The van der Waals surface area contributed by atoms with Gasteiger partial charge in [0.15, 0.2) is 5.96 Å². The minimum Gasteiger partial charge on any atom is -0.492 e. The van der Waals surface area contributed by atoms with Gasteiger partial charge in [-0.05, 0) is 41.8 Å². The molecule has 1 aliphatic heterocycles. The van der Waals surface area contributed by atoms with E-state index in [9.17, 15) is 4.39 Å². The molecule has 7 heteroatoms. The Balaban J connectivity index is 1.43. The molecule has 0 atom stereocenters. The van der Waals surface area contributed by atoms with Crippen molar-refractivity contribution in [3.8, 4) is 5.75 Å². The van der Waals surface area contributed by atoms with Crippen molar-refractivity contribution in [1.29, 1.82) is 0 Å². The lowest BCUT2D eigenvalue weighted by molar-refractivity contribution is 0.0322. The SMILES string of the molecule is CN=C(NCc1cccc(OCCN2CCOCC2)c1)NCc1ccc(F)c(C)c1. The molecule has 162 valence electrons. The number of halogens is 1. The van der Waals surface area contributed by atoms with Gasteiger partial charge in [-0.1, -0.05) is 24.3 Å². The van der Waals surface area contributed by atoms with Crippen LogP contribution in [0.2, 0.25) is 0 Å². The molecule has 1 heterocycles. The fraction of sp³-hybridized carbons (Fsp3) is 0.435. The molecule has 1 aliphatic rings. The van der Waals surface area contributed by atoms with E-state index < -0.39 is 0 Å². The lowest BCUT2D eigenvalue weighted by atomic mass is 10.1. The first-order valence-electron chi connectivity index (χ1n) is 10.4. The Bertz CT molecular complexity index is 838. The number of nitrogens with zero attached hydrogens (tertiary/aromatic N) is 2. The average molecular weight is 415 g/mol. The van der Waals surface area contributed by atoms with Crippen molar-refractivity contribution in [1.82, 2.24) is 15.5 Å². The number of aliphatic imine (C=N–C) groups is 1. The van der Waals surface area contributed by atoms with Gasteiger partial charge in [-0.15, -0.1) is 0 Å². The third-order valence-corrected chi connectivity index (χ3v) is 5.04. The van der Waals surface area contributed by atoms with Crippen molar-refractivity contribution < 1.29 is 13.9 Å². The van der Waals surface area contributed by atoms with E-state index in [1.54, 1.807) is 20.0 Å². The lowest BCUT2D eigenvalue weighted by Crippen LogP contribution is -2.38. The largest absolute Gasteiger partial charge is 0.492 e. The normalized spacial score (nSPS) is 15.1. The molecule has 2 aromatic rings. The van der Waals surface area contributed by atoms with Crippen LogP contribution in [0.4, 0.5) is 4.39 Å². The quantitative estimate of drug-likeness (QED) is 0.514. The van der Waals surface area contributed by atoms with E-state index in [0.29, 0.717) is 31.2 Å². The molecule has 0 unspecified atom stereocenters. The maximum Gasteiger partial charge on any atom is 0.191 e. The molecule has 0 saturated carbocycles. The van der Waals surface area contributed by atoms with E-state index in [1.807, 2.05) is 24.3 Å². The van der Waals surface area contributed by atoms with E-state index in [1.165, 1.54) is 6.07 Å². The predicted molar refractivity (Wildman–Crippen MR) is 117 cm³/mol. The minimum atomic E-state index is -0.187. The molecule has 2 aromatic carbocycles. The highest BCUT2D eigenvalue weighted by molar-refractivity contribution is 5.79. The molecule has 0 radical (unpaired) electrons. The van der Waals surface area contributed by atoms with Gasteiger partial charge >= 0.3 is 0 Å². The van der Waals surface area contributed by atoms with Crippen LogP contribution in [-0.2, 0) is 17.8 Å². The summed E-state index contributed by atoms with van der Waals surface area (Å²) in [5, 5.41) is 6.56. The van der Waals surface area contributed by atoms with Gasteiger partial charge in [-0.2, -0.15) is 0 Å². The number of morpholine rings is 1. The number of benzene rings is 2. The van der Waals surface area contributed by atoms with Gasteiger partial charge in [0.25, 0.3) is 0 Å². The van der Waals surface area contributed by atoms with E-state index in [-0.39, 0.29) is 5.82 Å². The summed E-state index contributed by atoms with van der Waals surface area (Å²) in [6.45, 7) is 8.08. The van der Waals surface area contributed by atoms with Gasteiger partial charge in [0.1, 0.15) is 18.2 Å². The van der Waals surface area contributed by atoms with Crippen molar-refractivity contribution in [3.63, 3.8) is 0 Å². The molecule has 30 heavy (non-hydrogen) atoms. The van der Waals surface area contributed by atoms with Crippen LogP contribution < -0.4 is 15.4 Å². The highest BCUT2D eigenvalue weighted by atomic mass is 19.1. The zero-order valence-corrected chi connectivity index (χ0v) is 17.8. The van der Waals surface area contributed by atoms with Crippen molar-refractivity contribution in [2.24, 2.45) is 4.99 Å². The molecule has 0 aromatic heterocycles. The maximum atomic E-state index is 13.4. The second-order valence-electron chi connectivity index (χ2n) is 7.31. The highest BCUT2D eigenvalue weighted by Gasteiger charge is 2.10. The smallest absolute Gasteiger partial charge is 0.191 e. The van der Waals surface area contributed by atoms with E-state index >= 15 is 0 Å². The molecular weight excluding hydrogens is 383 g/mol. The monoisotopic (exact) mass is 414 g/mol. The number of ether oxygens (including phenoxy) is 2. The summed E-state index contributed by atoms with van der Waals surface area (Å²) in [7, 11) is 1.73. The number of nitrogens with one attached hydrogen (secondary N) is 2. The van der Waals surface area contributed by atoms with Gasteiger partial charge < -0.3 is 20.1 Å². The van der Waals surface area contributed by atoms with Crippen LogP contribution in [0, 0.1) is 12.7 Å². The highest BCUT2D eigenvalue weighted by Crippen LogP contribution is 2.13. The molecule has 0 spiro atoms. The molecule has 3 rings (SSSR count). The number of aryl methyl sites for hydroxylation is 1. The van der Waals surface area contributed by atoms with Gasteiger partial charge in [-0.3, -0.25) is 9.89 Å².